The molecule has 1 amide bonds. The third-order valence-corrected chi connectivity index (χ3v) is 4.91. The Morgan fingerprint density at radius 3 is 2.66 bits per heavy atom. The molecule has 1 N–H and O–H groups in total. The molecular formula is C21H12ClN9O. The Bertz CT molecular complexity index is 1500. The van der Waals surface area contributed by atoms with E-state index in [0.717, 1.165) is 10.9 Å². The SMILES string of the molecule is [C-]#[N+]c1c(C(=O)Nc2cnc(-n3nccn3)c(Cl)c2)cnn1-c1cccc2ncccc12. The standard InChI is InChI=1S/C21H12ClN9O/c1-23-19-15(12-28-30(19)18-6-2-5-17-14(18)4-3-7-24-17)21(32)29-13-10-16(22)20(25-11-13)31-26-8-9-27-31/h2-12H,(H,29,32). The van der Waals surface area contributed by atoms with Crippen molar-refractivity contribution in [2.24, 2.45) is 0 Å². The van der Waals surface area contributed by atoms with Crippen LogP contribution in [0.5, 0.6) is 0 Å². The summed E-state index contributed by atoms with van der Waals surface area (Å²) in [4.78, 5) is 26.3. The summed E-state index contributed by atoms with van der Waals surface area (Å²) < 4.78 is 1.43. The van der Waals surface area contributed by atoms with Gasteiger partial charge >= 0.3 is 0 Å². The molecule has 5 rings (SSSR count). The van der Waals surface area contributed by atoms with Gasteiger partial charge in [-0.3, -0.25) is 9.78 Å². The molecule has 32 heavy (non-hydrogen) atoms. The van der Waals surface area contributed by atoms with E-state index >= 15 is 0 Å². The van der Waals surface area contributed by atoms with Crippen LogP contribution in [0.2, 0.25) is 5.02 Å². The van der Waals surface area contributed by atoms with Gasteiger partial charge in [0.05, 0.1) is 46.6 Å². The molecule has 4 aromatic heterocycles. The van der Waals surface area contributed by atoms with E-state index in [1.165, 1.54) is 40.3 Å². The van der Waals surface area contributed by atoms with E-state index in [1.54, 1.807) is 12.3 Å². The second kappa shape index (κ2) is 7.90. The third kappa shape index (κ3) is 3.32. The van der Waals surface area contributed by atoms with Gasteiger partial charge in [-0.25, -0.2) is 4.98 Å². The molecule has 0 spiro atoms. The lowest BCUT2D eigenvalue weighted by molar-refractivity contribution is 0.102. The van der Waals surface area contributed by atoms with E-state index in [-0.39, 0.29) is 16.4 Å². The quantitative estimate of drug-likeness (QED) is 0.424. The van der Waals surface area contributed by atoms with Crippen molar-refractivity contribution in [1.82, 2.24) is 34.7 Å². The van der Waals surface area contributed by atoms with Gasteiger partial charge < -0.3 is 10.2 Å². The van der Waals surface area contributed by atoms with Crippen LogP contribution >= 0.6 is 11.6 Å². The topological polar surface area (TPSA) is 108 Å². The second-order valence-corrected chi connectivity index (χ2v) is 6.96. The van der Waals surface area contributed by atoms with E-state index in [1.807, 2.05) is 24.3 Å². The summed E-state index contributed by atoms with van der Waals surface area (Å²) in [5.74, 6) is -0.104. The van der Waals surface area contributed by atoms with E-state index in [4.69, 9.17) is 18.2 Å². The van der Waals surface area contributed by atoms with Gasteiger partial charge in [-0.1, -0.05) is 24.2 Å². The fourth-order valence-electron chi connectivity index (χ4n) is 3.23. The molecule has 10 nitrogen and oxygen atoms in total. The van der Waals surface area contributed by atoms with Crippen molar-refractivity contribution in [3.63, 3.8) is 0 Å². The number of halogens is 1. The number of rotatable bonds is 4. The number of carbonyl (C=O) groups excluding carboxylic acids is 1. The number of amides is 1. The van der Waals surface area contributed by atoms with Crippen molar-refractivity contribution >= 4 is 39.9 Å². The first kappa shape index (κ1) is 19.3. The molecular weight excluding hydrogens is 430 g/mol. The monoisotopic (exact) mass is 441 g/mol. The summed E-state index contributed by atoms with van der Waals surface area (Å²) in [5.41, 5.74) is 1.89. The van der Waals surface area contributed by atoms with Gasteiger partial charge in [-0.15, -0.1) is 9.90 Å². The molecule has 11 heteroatoms. The predicted octanol–water partition coefficient (Wildman–Crippen LogP) is 3.85. The summed E-state index contributed by atoms with van der Waals surface area (Å²) in [6, 6.07) is 10.7. The van der Waals surface area contributed by atoms with Crippen molar-refractivity contribution in [2.75, 3.05) is 5.32 Å². The van der Waals surface area contributed by atoms with Crippen LogP contribution in [0.4, 0.5) is 11.5 Å². The van der Waals surface area contributed by atoms with Gasteiger partial charge in [0.2, 0.25) is 5.91 Å². The molecule has 0 saturated heterocycles. The van der Waals surface area contributed by atoms with E-state index < -0.39 is 5.91 Å². The number of fused-ring (bicyclic) bond motifs is 1. The zero-order valence-electron chi connectivity index (χ0n) is 16.2. The lowest BCUT2D eigenvalue weighted by atomic mass is 10.2. The van der Waals surface area contributed by atoms with Crippen molar-refractivity contribution < 1.29 is 4.79 Å². The van der Waals surface area contributed by atoms with E-state index in [2.05, 4.69) is 35.4 Å². The first-order valence-corrected chi connectivity index (χ1v) is 9.66. The summed E-state index contributed by atoms with van der Waals surface area (Å²) >= 11 is 6.26. The van der Waals surface area contributed by atoms with Crippen molar-refractivity contribution in [3.8, 4) is 11.5 Å². The Balaban J connectivity index is 1.47. The van der Waals surface area contributed by atoms with Gasteiger partial charge in [0.1, 0.15) is 5.69 Å². The lowest BCUT2D eigenvalue weighted by Crippen LogP contribution is -2.12. The number of hydrogen-bond donors (Lipinski definition) is 1. The maximum atomic E-state index is 12.9. The van der Waals surface area contributed by atoms with Crippen LogP contribution in [0.1, 0.15) is 10.4 Å². The number of benzene rings is 1. The Labute approximate surface area is 185 Å². The molecule has 0 bridgehead atoms. The normalized spacial score (nSPS) is 10.8. The molecule has 0 aliphatic heterocycles. The van der Waals surface area contributed by atoms with Crippen molar-refractivity contribution in [1.29, 1.82) is 0 Å². The molecule has 0 unspecified atom stereocenters. The predicted molar refractivity (Wildman–Crippen MR) is 117 cm³/mol. The number of nitrogens with zero attached hydrogens (tertiary/aromatic N) is 8. The average Bonchev–Trinajstić information content (AvgIpc) is 3.49. The molecule has 4 heterocycles. The second-order valence-electron chi connectivity index (χ2n) is 6.55. The van der Waals surface area contributed by atoms with Crippen LogP contribution in [0, 0.1) is 6.57 Å². The van der Waals surface area contributed by atoms with Crippen LogP contribution in [0.3, 0.4) is 0 Å². The molecule has 0 saturated carbocycles. The number of pyridine rings is 2. The number of hydrogen-bond acceptors (Lipinski definition) is 6. The highest BCUT2D eigenvalue weighted by molar-refractivity contribution is 6.32. The van der Waals surface area contributed by atoms with Crippen molar-refractivity contribution in [2.45, 2.75) is 0 Å². The van der Waals surface area contributed by atoms with E-state index in [0.29, 0.717) is 17.2 Å². The highest BCUT2D eigenvalue weighted by Gasteiger charge is 2.21. The molecule has 5 aromatic rings. The molecule has 0 radical (unpaired) electrons. The van der Waals surface area contributed by atoms with Gasteiger partial charge in [0.15, 0.2) is 5.82 Å². The fourth-order valence-corrected chi connectivity index (χ4v) is 3.47. The van der Waals surface area contributed by atoms with Crippen LogP contribution in [0.25, 0.3) is 27.3 Å². The first-order valence-electron chi connectivity index (χ1n) is 9.29. The highest BCUT2D eigenvalue weighted by Crippen LogP contribution is 2.29. The zero-order valence-corrected chi connectivity index (χ0v) is 17.0. The molecule has 0 aliphatic rings. The Kier molecular flexibility index (Phi) is 4.78. The van der Waals surface area contributed by atoms with Crippen molar-refractivity contribution in [3.05, 3.63) is 89.4 Å². The number of nitrogens with one attached hydrogen (secondary N) is 1. The van der Waals surface area contributed by atoms with Crippen LogP contribution in [-0.4, -0.2) is 40.6 Å². The third-order valence-electron chi connectivity index (χ3n) is 4.63. The number of anilines is 1. The Hall–Kier alpha value is -4.62. The average molecular weight is 442 g/mol. The highest BCUT2D eigenvalue weighted by atomic mass is 35.5. The number of carbonyl (C=O) groups is 1. The number of aromatic nitrogens is 7. The summed E-state index contributed by atoms with van der Waals surface area (Å²) in [5, 5.41) is 16.0. The summed E-state index contributed by atoms with van der Waals surface area (Å²) in [6.07, 6.45) is 7.49. The van der Waals surface area contributed by atoms with Gasteiger partial charge in [-0.05, 0) is 30.3 Å². The first-order chi connectivity index (χ1) is 15.7. The van der Waals surface area contributed by atoms with Gasteiger partial charge in [0.25, 0.3) is 5.82 Å². The minimum atomic E-state index is -0.511. The smallest absolute Gasteiger partial charge is 0.270 e. The minimum Gasteiger partial charge on any atom is -0.361 e. The Morgan fingerprint density at radius 2 is 1.88 bits per heavy atom. The maximum absolute atomic E-state index is 12.9. The summed E-state index contributed by atoms with van der Waals surface area (Å²) in [7, 11) is 0. The zero-order chi connectivity index (χ0) is 22.1. The molecule has 0 fully saturated rings. The van der Waals surface area contributed by atoms with Crippen LogP contribution in [0.15, 0.2) is 67.4 Å². The molecule has 0 aliphatic carbocycles. The molecule has 154 valence electrons. The van der Waals surface area contributed by atoms with Crippen LogP contribution < -0.4 is 5.32 Å². The molecule has 0 atom stereocenters. The van der Waals surface area contributed by atoms with E-state index in [9.17, 15) is 4.79 Å². The van der Waals surface area contributed by atoms with Gasteiger partial charge in [-0.2, -0.15) is 14.9 Å². The van der Waals surface area contributed by atoms with Gasteiger partial charge in [0, 0.05) is 11.6 Å². The largest absolute Gasteiger partial charge is 0.361 e. The van der Waals surface area contributed by atoms with Crippen LogP contribution in [-0.2, 0) is 0 Å². The fraction of sp³-hybridized carbons (Fsp3) is 0. The minimum absolute atomic E-state index is 0.0790. The Morgan fingerprint density at radius 1 is 1.03 bits per heavy atom. The maximum Gasteiger partial charge on any atom is 0.270 e. The lowest BCUT2D eigenvalue weighted by Gasteiger charge is -2.08. The molecule has 1 aromatic carbocycles. The summed E-state index contributed by atoms with van der Waals surface area (Å²) in [6.45, 7) is 7.63.